The van der Waals surface area contributed by atoms with Crippen LogP contribution in [0.15, 0.2) is 132 Å². The summed E-state index contributed by atoms with van der Waals surface area (Å²) in [5.74, 6) is -2.99. The fourth-order valence-corrected chi connectivity index (χ4v) is 10.9. The molecule has 5 aromatic carbocycles. The summed E-state index contributed by atoms with van der Waals surface area (Å²) in [5, 5.41) is 23.0. The molecule has 5 aromatic rings. The molecule has 0 radical (unpaired) electrons. The van der Waals surface area contributed by atoms with E-state index < -0.39 is 45.3 Å². The summed E-state index contributed by atoms with van der Waals surface area (Å²) in [6, 6.07) is 42.2. The average molecular weight is 615 g/mol. The van der Waals surface area contributed by atoms with E-state index in [1.165, 1.54) is 32.3 Å². The van der Waals surface area contributed by atoms with Crippen LogP contribution in [0.1, 0.15) is 31.8 Å². The van der Waals surface area contributed by atoms with E-state index in [1.54, 1.807) is 0 Å². The fourth-order valence-electron chi connectivity index (χ4n) is 5.18. The molecule has 0 unspecified atom stereocenters. The van der Waals surface area contributed by atoms with Gasteiger partial charge in [0.1, 0.15) is 0 Å². The number of carbonyl (C=O) groups is 2. The Morgan fingerprint density at radius 3 is 1.33 bits per heavy atom. The SMILES string of the molecule is Cc1cccc([PH](c2ccccc2)(c2ccccc2)c2ccccc2)c1C.O=C(O)c1cc(C(=O)O)cc(S(=O)(=O)O)c1. The van der Waals surface area contributed by atoms with Gasteiger partial charge in [0.25, 0.3) is 10.1 Å². The minimum absolute atomic E-state index is 0.535. The number of rotatable bonds is 7. The zero-order chi connectivity index (χ0) is 31.2. The van der Waals surface area contributed by atoms with Gasteiger partial charge < -0.3 is 10.2 Å². The summed E-state index contributed by atoms with van der Waals surface area (Å²) in [6.07, 6.45) is 0. The number of carboxylic acid groups (broad SMARTS) is 2. The monoisotopic (exact) mass is 614 g/mol. The first-order valence-corrected chi connectivity index (χ1v) is 16.7. The Morgan fingerprint density at radius 1 is 0.581 bits per heavy atom. The van der Waals surface area contributed by atoms with Gasteiger partial charge in [-0.05, 0) is 18.2 Å². The van der Waals surface area contributed by atoms with Crippen molar-refractivity contribution in [1.82, 2.24) is 0 Å². The van der Waals surface area contributed by atoms with Crippen LogP contribution in [-0.4, -0.2) is 35.1 Å². The molecule has 0 aliphatic heterocycles. The van der Waals surface area contributed by atoms with Crippen molar-refractivity contribution in [2.45, 2.75) is 18.7 Å². The van der Waals surface area contributed by atoms with E-state index >= 15 is 0 Å². The Labute approximate surface area is 251 Å². The zero-order valence-electron chi connectivity index (χ0n) is 23.5. The van der Waals surface area contributed by atoms with E-state index in [1.807, 2.05) is 0 Å². The van der Waals surface area contributed by atoms with Crippen LogP contribution < -0.4 is 21.2 Å². The number of hydrogen-bond donors (Lipinski definition) is 3. The van der Waals surface area contributed by atoms with Crippen molar-refractivity contribution in [3.63, 3.8) is 0 Å². The summed E-state index contributed by atoms with van der Waals surface area (Å²) in [5.41, 5.74) is 1.69. The van der Waals surface area contributed by atoms with Crippen molar-refractivity contribution in [2.24, 2.45) is 0 Å². The maximum absolute atomic E-state index is 10.8. The minimum Gasteiger partial charge on any atom is -0.478 e. The third kappa shape index (κ3) is 6.73. The molecule has 0 aromatic heterocycles. The zero-order valence-corrected chi connectivity index (χ0v) is 25.3. The molecule has 0 bridgehead atoms. The standard InChI is InChI=1S/C26H25P.C8H6O7S/c1-21-13-12-20-26(22(21)2)27(23-14-6-3-7-15-23,24-16-8-4-9-17-24)25-18-10-5-11-19-25;9-7(10)4-1-5(8(11)12)3-6(2-4)16(13,14)15/h3-20,27H,1-2H3;1-3H,(H,9,10)(H,11,12)(H,13,14,15). The second-order valence-electron chi connectivity index (χ2n) is 9.93. The molecule has 0 fully saturated rings. The van der Waals surface area contributed by atoms with Gasteiger partial charge in [-0.25, -0.2) is 9.59 Å². The van der Waals surface area contributed by atoms with Crippen molar-refractivity contribution >= 4 is 50.5 Å². The first kappa shape index (κ1) is 31.3. The third-order valence-electron chi connectivity index (χ3n) is 7.33. The van der Waals surface area contributed by atoms with Gasteiger partial charge in [-0.3, -0.25) is 4.55 Å². The Kier molecular flexibility index (Phi) is 9.56. The number of carboxylic acids is 2. The smallest absolute Gasteiger partial charge is 0.335 e. The number of hydrogen-bond acceptors (Lipinski definition) is 4. The molecule has 0 aliphatic carbocycles. The van der Waals surface area contributed by atoms with Crippen LogP contribution in [0.3, 0.4) is 0 Å². The molecule has 7 nitrogen and oxygen atoms in total. The van der Waals surface area contributed by atoms with Crippen LogP contribution in [0, 0.1) is 13.8 Å². The van der Waals surface area contributed by atoms with E-state index in [0.717, 1.165) is 6.07 Å². The quantitative estimate of drug-likeness (QED) is 0.174. The summed E-state index contributed by atoms with van der Waals surface area (Å²) in [6.45, 7) is 4.50. The average Bonchev–Trinajstić information content (AvgIpc) is 3.01. The molecule has 0 aliphatic rings. The molecule has 9 heteroatoms. The Balaban J connectivity index is 0.000000227. The molecule has 220 valence electrons. The number of aromatic carboxylic acids is 2. The van der Waals surface area contributed by atoms with Crippen LogP contribution in [0.4, 0.5) is 0 Å². The first-order valence-electron chi connectivity index (χ1n) is 13.3. The molecule has 0 saturated carbocycles. The molecule has 0 amide bonds. The molecule has 3 N–H and O–H groups in total. The van der Waals surface area contributed by atoms with Gasteiger partial charge >= 0.3 is 175 Å². The summed E-state index contributed by atoms with van der Waals surface area (Å²) in [4.78, 5) is 20.4. The van der Waals surface area contributed by atoms with Gasteiger partial charge in [0, 0.05) is 0 Å². The molecule has 0 heterocycles. The summed E-state index contributed by atoms with van der Waals surface area (Å²) >= 11 is 0. The first-order chi connectivity index (χ1) is 20.5. The van der Waals surface area contributed by atoms with Crippen molar-refractivity contribution < 1.29 is 32.8 Å². The second kappa shape index (κ2) is 13.1. The fraction of sp³-hybridized carbons (Fsp3) is 0.0588. The van der Waals surface area contributed by atoms with E-state index in [9.17, 15) is 18.0 Å². The van der Waals surface area contributed by atoms with E-state index in [0.29, 0.717) is 12.1 Å². The van der Waals surface area contributed by atoms with Gasteiger partial charge in [-0.2, -0.15) is 8.42 Å². The van der Waals surface area contributed by atoms with Crippen molar-refractivity contribution in [3.05, 3.63) is 150 Å². The maximum Gasteiger partial charge on any atom is 0.335 e. The predicted octanol–water partition coefficient (Wildman–Crippen LogP) is 4.98. The normalized spacial score (nSPS) is 11.6. The van der Waals surface area contributed by atoms with E-state index in [2.05, 4.69) is 123 Å². The molecule has 0 spiro atoms. The summed E-state index contributed by atoms with van der Waals surface area (Å²) in [7, 11) is -7.02. The van der Waals surface area contributed by atoms with Gasteiger partial charge in [0.05, 0.1) is 16.0 Å². The number of benzene rings is 5. The van der Waals surface area contributed by atoms with E-state index in [-0.39, 0.29) is 0 Å². The molecule has 0 atom stereocenters. The largest absolute Gasteiger partial charge is 0.478 e. The molecule has 0 saturated heterocycles. The van der Waals surface area contributed by atoms with Gasteiger partial charge in [-0.1, -0.05) is 0 Å². The van der Waals surface area contributed by atoms with Crippen molar-refractivity contribution in [1.29, 1.82) is 0 Å². The molecule has 43 heavy (non-hydrogen) atoms. The topological polar surface area (TPSA) is 129 Å². The third-order valence-corrected chi connectivity index (χ3v) is 13.1. The molecule has 5 rings (SSSR count). The van der Waals surface area contributed by atoms with Crippen LogP contribution >= 0.6 is 7.26 Å². The van der Waals surface area contributed by atoms with Crippen LogP contribution in [0.25, 0.3) is 0 Å². The minimum atomic E-state index is -4.64. The Bertz CT molecular complexity index is 1730. The van der Waals surface area contributed by atoms with Crippen LogP contribution in [0.2, 0.25) is 0 Å². The molecular formula is C34H31O7PS. The van der Waals surface area contributed by atoms with E-state index in [4.69, 9.17) is 14.8 Å². The van der Waals surface area contributed by atoms with Crippen LogP contribution in [-0.2, 0) is 10.1 Å². The Morgan fingerprint density at radius 2 is 0.977 bits per heavy atom. The summed E-state index contributed by atoms with van der Waals surface area (Å²) < 4.78 is 30.2. The van der Waals surface area contributed by atoms with Gasteiger partial charge in [0.2, 0.25) is 0 Å². The molecular weight excluding hydrogens is 583 g/mol. The second-order valence-corrected chi connectivity index (χ2v) is 15.1. The maximum atomic E-state index is 10.8. The predicted molar refractivity (Wildman–Crippen MR) is 172 cm³/mol. The Hall–Kier alpha value is -4.62. The van der Waals surface area contributed by atoms with Gasteiger partial charge in [-0.15, -0.1) is 0 Å². The van der Waals surface area contributed by atoms with Gasteiger partial charge in [0.15, 0.2) is 0 Å². The van der Waals surface area contributed by atoms with Crippen LogP contribution in [0.5, 0.6) is 0 Å². The van der Waals surface area contributed by atoms with Crippen molar-refractivity contribution in [3.8, 4) is 0 Å². The van der Waals surface area contributed by atoms with Crippen molar-refractivity contribution in [2.75, 3.05) is 0 Å². The number of aryl methyl sites for hydroxylation is 1.